The van der Waals surface area contributed by atoms with Crippen molar-refractivity contribution in [1.82, 2.24) is 0 Å². The summed E-state index contributed by atoms with van der Waals surface area (Å²) in [6.45, 7) is 0.673. The second-order valence-electron chi connectivity index (χ2n) is 5.43. The molecule has 122 valence electrons. The normalized spacial score (nSPS) is 31.5. The SMILES string of the molecule is CO[C@@H]1C[C@H](OCc2ccc(C(F)(F)F)cc2)[C@H]2CO[C@@H]1O2. The summed E-state index contributed by atoms with van der Waals surface area (Å²) < 4.78 is 59.7. The zero-order valence-electron chi connectivity index (χ0n) is 12.0. The van der Waals surface area contributed by atoms with E-state index >= 15 is 0 Å². The number of fused-ring (bicyclic) bond motifs is 2. The van der Waals surface area contributed by atoms with E-state index in [1.54, 1.807) is 7.11 Å². The number of hydrogen-bond donors (Lipinski definition) is 0. The molecule has 2 saturated heterocycles. The summed E-state index contributed by atoms with van der Waals surface area (Å²) in [5.41, 5.74) is 0.0201. The maximum absolute atomic E-state index is 12.5. The average molecular weight is 318 g/mol. The Kier molecular flexibility index (Phi) is 4.40. The molecule has 7 heteroatoms. The van der Waals surface area contributed by atoms with E-state index in [2.05, 4.69) is 0 Å². The van der Waals surface area contributed by atoms with Crippen LogP contribution in [0.5, 0.6) is 0 Å². The summed E-state index contributed by atoms with van der Waals surface area (Å²) in [5.74, 6) is 0. The van der Waals surface area contributed by atoms with E-state index in [9.17, 15) is 13.2 Å². The van der Waals surface area contributed by atoms with Crippen LogP contribution in [0.25, 0.3) is 0 Å². The Balaban J connectivity index is 1.58. The van der Waals surface area contributed by atoms with Gasteiger partial charge in [0.1, 0.15) is 12.2 Å². The van der Waals surface area contributed by atoms with E-state index in [1.807, 2.05) is 0 Å². The highest BCUT2D eigenvalue weighted by atomic mass is 19.4. The van der Waals surface area contributed by atoms with Gasteiger partial charge in [0.25, 0.3) is 0 Å². The predicted octanol–water partition coefficient (Wildman–Crippen LogP) is 2.75. The van der Waals surface area contributed by atoms with E-state index in [0.717, 1.165) is 12.1 Å². The minimum Gasteiger partial charge on any atom is -0.376 e. The molecule has 0 unspecified atom stereocenters. The molecule has 1 aromatic rings. The average Bonchev–Trinajstić information content (AvgIpc) is 2.91. The lowest BCUT2D eigenvalue weighted by Crippen LogP contribution is -2.44. The number of hydrogen-bond acceptors (Lipinski definition) is 4. The van der Waals surface area contributed by atoms with E-state index in [-0.39, 0.29) is 31.2 Å². The van der Waals surface area contributed by atoms with Crippen LogP contribution in [0.1, 0.15) is 17.5 Å². The van der Waals surface area contributed by atoms with E-state index in [4.69, 9.17) is 18.9 Å². The topological polar surface area (TPSA) is 36.9 Å². The van der Waals surface area contributed by atoms with Gasteiger partial charge in [-0.05, 0) is 17.7 Å². The maximum Gasteiger partial charge on any atom is 0.416 e. The lowest BCUT2D eigenvalue weighted by molar-refractivity contribution is -0.200. The van der Waals surface area contributed by atoms with Crippen LogP contribution in [0.4, 0.5) is 13.2 Å². The quantitative estimate of drug-likeness (QED) is 0.855. The fourth-order valence-corrected chi connectivity index (χ4v) is 2.70. The third-order valence-corrected chi connectivity index (χ3v) is 3.96. The molecule has 2 fully saturated rings. The van der Waals surface area contributed by atoms with Gasteiger partial charge in [0.05, 0.1) is 24.9 Å². The van der Waals surface area contributed by atoms with Gasteiger partial charge >= 0.3 is 6.18 Å². The van der Waals surface area contributed by atoms with Gasteiger partial charge in [-0.2, -0.15) is 13.2 Å². The van der Waals surface area contributed by atoms with Crippen molar-refractivity contribution < 1.29 is 32.1 Å². The molecule has 0 aromatic heterocycles. The Morgan fingerprint density at radius 1 is 1.18 bits per heavy atom. The Bertz CT molecular complexity index is 503. The molecule has 0 radical (unpaired) electrons. The minimum atomic E-state index is -4.32. The number of ether oxygens (including phenoxy) is 4. The van der Waals surface area contributed by atoms with Crippen molar-refractivity contribution >= 4 is 0 Å². The van der Waals surface area contributed by atoms with E-state index in [1.165, 1.54) is 12.1 Å². The van der Waals surface area contributed by atoms with Gasteiger partial charge in [0.15, 0.2) is 6.29 Å². The molecular weight excluding hydrogens is 301 g/mol. The van der Waals surface area contributed by atoms with Crippen molar-refractivity contribution in [3.8, 4) is 0 Å². The van der Waals surface area contributed by atoms with Crippen LogP contribution >= 0.6 is 0 Å². The molecular formula is C15H17F3O4. The van der Waals surface area contributed by atoms with Crippen LogP contribution in [0.3, 0.4) is 0 Å². The predicted molar refractivity (Wildman–Crippen MR) is 70.0 cm³/mol. The molecule has 2 bridgehead atoms. The first kappa shape index (κ1) is 15.7. The number of rotatable bonds is 4. The van der Waals surface area contributed by atoms with Crippen molar-refractivity contribution in [2.45, 2.75) is 43.8 Å². The molecule has 0 aliphatic carbocycles. The van der Waals surface area contributed by atoms with Gasteiger partial charge in [-0.15, -0.1) is 0 Å². The van der Waals surface area contributed by atoms with Crippen LogP contribution in [-0.4, -0.2) is 38.3 Å². The highest BCUT2D eigenvalue weighted by molar-refractivity contribution is 5.24. The molecule has 0 spiro atoms. The zero-order chi connectivity index (χ0) is 15.7. The maximum atomic E-state index is 12.5. The third-order valence-electron chi connectivity index (χ3n) is 3.96. The molecule has 2 aliphatic rings. The monoisotopic (exact) mass is 318 g/mol. The van der Waals surface area contributed by atoms with Gasteiger partial charge in [-0.1, -0.05) is 12.1 Å². The fraction of sp³-hybridized carbons (Fsp3) is 0.600. The highest BCUT2D eigenvalue weighted by Gasteiger charge is 2.44. The molecule has 0 saturated carbocycles. The van der Waals surface area contributed by atoms with E-state index < -0.39 is 11.7 Å². The van der Waals surface area contributed by atoms with E-state index in [0.29, 0.717) is 18.6 Å². The van der Waals surface area contributed by atoms with Crippen molar-refractivity contribution in [2.24, 2.45) is 0 Å². The molecule has 2 aliphatic heterocycles. The fourth-order valence-electron chi connectivity index (χ4n) is 2.70. The highest BCUT2D eigenvalue weighted by Crippen LogP contribution is 2.32. The molecule has 2 heterocycles. The first-order chi connectivity index (χ1) is 10.5. The van der Waals surface area contributed by atoms with Crippen molar-refractivity contribution in [2.75, 3.05) is 13.7 Å². The van der Waals surface area contributed by atoms with Crippen LogP contribution in [0, 0.1) is 0 Å². The Morgan fingerprint density at radius 2 is 1.91 bits per heavy atom. The second-order valence-corrected chi connectivity index (χ2v) is 5.43. The zero-order valence-corrected chi connectivity index (χ0v) is 12.0. The third kappa shape index (κ3) is 3.27. The number of halogens is 3. The summed E-state index contributed by atoms with van der Waals surface area (Å²) in [7, 11) is 1.59. The Morgan fingerprint density at radius 3 is 2.55 bits per heavy atom. The van der Waals surface area contributed by atoms with Crippen LogP contribution < -0.4 is 0 Å². The van der Waals surface area contributed by atoms with Crippen molar-refractivity contribution in [3.05, 3.63) is 35.4 Å². The molecule has 4 nitrogen and oxygen atoms in total. The minimum absolute atomic E-state index is 0.147. The van der Waals surface area contributed by atoms with Gasteiger partial charge in [-0.3, -0.25) is 0 Å². The summed E-state index contributed by atoms with van der Waals surface area (Å²) in [6.07, 6.45) is -4.54. The van der Waals surface area contributed by atoms with Crippen molar-refractivity contribution in [3.63, 3.8) is 0 Å². The van der Waals surface area contributed by atoms with Crippen molar-refractivity contribution in [1.29, 1.82) is 0 Å². The number of benzene rings is 1. The standard InChI is InChI=1S/C15H17F3O4/c1-19-12-6-11(13-8-21-14(12)22-13)20-7-9-2-4-10(5-3-9)15(16,17)18/h2-5,11-14H,6-8H2,1H3/t11-,12+,13+,14+/m0/s1. The van der Waals surface area contributed by atoms with Crippen LogP contribution in [0.15, 0.2) is 24.3 Å². The Labute approximate surface area is 126 Å². The lowest BCUT2D eigenvalue weighted by atomic mass is 10.0. The molecule has 0 amide bonds. The summed E-state index contributed by atoms with van der Waals surface area (Å²) >= 11 is 0. The lowest BCUT2D eigenvalue weighted by Gasteiger charge is -2.32. The summed E-state index contributed by atoms with van der Waals surface area (Å²) in [4.78, 5) is 0. The van der Waals surface area contributed by atoms with Crippen LogP contribution in [0.2, 0.25) is 0 Å². The van der Waals surface area contributed by atoms with Gasteiger partial charge in [0.2, 0.25) is 0 Å². The molecule has 3 rings (SSSR count). The summed E-state index contributed by atoms with van der Waals surface area (Å²) in [5, 5.41) is 0. The first-order valence-electron chi connectivity index (χ1n) is 7.05. The number of alkyl halides is 3. The summed E-state index contributed by atoms with van der Waals surface area (Å²) in [6, 6.07) is 4.97. The van der Waals surface area contributed by atoms with Gasteiger partial charge < -0.3 is 18.9 Å². The Hall–Kier alpha value is -1.15. The van der Waals surface area contributed by atoms with Gasteiger partial charge in [0, 0.05) is 13.5 Å². The van der Waals surface area contributed by atoms with Crippen LogP contribution in [-0.2, 0) is 31.7 Å². The second kappa shape index (κ2) is 6.16. The number of methoxy groups -OCH3 is 1. The molecule has 4 atom stereocenters. The molecule has 0 N–H and O–H groups in total. The van der Waals surface area contributed by atoms with Gasteiger partial charge in [-0.25, -0.2) is 0 Å². The smallest absolute Gasteiger partial charge is 0.376 e. The molecule has 22 heavy (non-hydrogen) atoms. The first-order valence-corrected chi connectivity index (χ1v) is 7.05. The largest absolute Gasteiger partial charge is 0.416 e. The molecule has 1 aromatic carbocycles.